The van der Waals surface area contributed by atoms with Crippen LogP contribution in [-0.2, 0) is 16.1 Å². The Bertz CT molecular complexity index is 457. The van der Waals surface area contributed by atoms with Gasteiger partial charge in [0.15, 0.2) is 0 Å². The summed E-state index contributed by atoms with van der Waals surface area (Å²) < 4.78 is 27.2. The van der Waals surface area contributed by atoms with Crippen molar-refractivity contribution in [3.8, 4) is 0 Å². The third-order valence-electron chi connectivity index (χ3n) is 3.78. The molecule has 0 aromatic heterocycles. The zero-order valence-electron chi connectivity index (χ0n) is 10.2. The zero-order valence-corrected chi connectivity index (χ0v) is 10.2. The minimum absolute atomic E-state index is 0.158. The van der Waals surface area contributed by atoms with Gasteiger partial charge in [-0.15, -0.1) is 0 Å². The second-order valence-electron chi connectivity index (χ2n) is 5.03. The summed E-state index contributed by atoms with van der Waals surface area (Å²) in [4.78, 5) is 11.6. The minimum Gasteiger partial charge on any atom is -0.481 e. The fourth-order valence-electron chi connectivity index (χ4n) is 2.86. The molecule has 0 amide bonds. The highest BCUT2D eigenvalue weighted by molar-refractivity contribution is 5.82. The molecule has 1 aromatic carbocycles. The summed E-state index contributed by atoms with van der Waals surface area (Å²) in [7, 11) is 0. The molecule has 0 atom stereocenters. The van der Waals surface area contributed by atoms with Crippen LogP contribution in [-0.4, -0.2) is 11.1 Å². The first-order valence-corrected chi connectivity index (χ1v) is 6.09. The first-order chi connectivity index (χ1) is 8.38. The summed E-state index contributed by atoms with van der Waals surface area (Å²) in [6.45, 7) is 0.816. The summed E-state index contributed by atoms with van der Waals surface area (Å²) in [5.74, 6) is -4.00. The van der Waals surface area contributed by atoms with Crippen LogP contribution in [0.25, 0.3) is 0 Å². The van der Waals surface area contributed by atoms with Crippen molar-refractivity contribution in [3.05, 3.63) is 35.4 Å². The summed E-state index contributed by atoms with van der Waals surface area (Å²) >= 11 is 0. The van der Waals surface area contributed by atoms with Crippen molar-refractivity contribution in [3.63, 3.8) is 0 Å². The predicted octanol–water partition coefficient (Wildman–Crippen LogP) is 3.69. The van der Waals surface area contributed by atoms with Crippen molar-refractivity contribution in [1.29, 1.82) is 0 Å². The molecule has 98 valence electrons. The molecule has 2 nitrogen and oxygen atoms in total. The fraction of sp³-hybridized carbons (Fsp3) is 0.500. The lowest BCUT2D eigenvalue weighted by molar-refractivity contribution is -0.143. The maximum absolute atomic E-state index is 13.6. The summed E-state index contributed by atoms with van der Waals surface area (Å²) in [6.07, 6.45) is 2.43. The number of halogens is 2. The smallest absolute Gasteiger partial charge is 0.314 e. The summed E-state index contributed by atoms with van der Waals surface area (Å²) in [5.41, 5.74) is -1.01. The van der Waals surface area contributed by atoms with Crippen LogP contribution in [0, 0.1) is 0 Å². The van der Waals surface area contributed by atoms with Gasteiger partial charge >= 0.3 is 5.97 Å². The molecule has 0 saturated heterocycles. The van der Waals surface area contributed by atoms with E-state index in [9.17, 15) is 18.7 Å². The van der Waals surface area contributed by atoms with Crippen LogP contribution in [0.3, 0.4) is 0 Å². The molecule has 4 heteroatoms. The average Bonchev–Trinajstić information content (AvgIpc) is 2.78. The predicted molar refractivity (Wildman–Crippen MR) is 63.8 cm³/mol. The molecule has 0 radical (unpaired) electrons. The van der Waals surface area contributed by atoms with Crippen molar-refractivity contribution in [2.45, 2.75) is 43.9 Å². The van der Waals surface area contributed by atoms with Crippen LogP contribution in [0.2, 0.25) is 0 Å². The first kappa shape index (κ1) is 13.0. The Morgan fingerprint density at radius 3 is 2.33 bits per heavy atom. The molecule has 0 bridgehead atoms. The number of rotatable bonds is 3. The van der Waals surface area contributed by atoms with Gasteiger partial charge in [0.2, 0.25) is 0 Å². The van der Waals surface area contributed by atoms with E-state index in [1.54, 1.807) is 6.07 Å². The summed E-state index contributed by atoms with van der Waals surface area (Å²) in [5, 5.41) is 9.46. The van der Waals surface area contributed by atoms with Gasteiger partial charge in [-0.05, 0) is 18.4 Å². The number of benzene rings is 1. The number of alkyl halides is 2. The SMILES string of the molecule is CC(F)(F)c1ccccc1C1(C(=O)O)CCCC1. The van der Waals surface area contributed by atoms with Crippen LogP contribution >= 0.6 is 0 Å². The molecule has 0 spiro atoms. The first-order valence-electron chi connectivity index (χ1n) is 6.09. The van der Waals surface area contributed by atoms with Gasteiger partial charge in [0.1, 0.15) is 0 Å². The molecule has 1 aromatic rings. The van der Waals surface area contributed by atoms with Crippen molar-refractivity contribution in [2.24, 2.45) is 0 Å². The molecule has 18 heavy (non-hydrogen) atoms. The largest absolute Gasteiger partial charge is 0.481 e. The molecule has 0 heterocycles. The highest BCUT2D eigenvalue weighted by atomic mass is 19.3. The van der Waals surface area contributed by atoms with Crippen LogP contribution in [0.5, 0.6) is 0 Å². The Kier molecular flexibility index (Phi) is 3.13. The number of carbonyl (C=O) groups is 1. The van der Waals surface area contributed by atoms with E-state index in [-0.39, 0.29) is 11.1 Å². The Labute approximate surface area is 105 Å². The lowest BCUT2D eigenvalue weighted by Crippen LogP contribution is -2.35. The van der Waals surface area contributed by atoms with Gasteiger partial charge in [-0.25, -0.2) is 8.78 Å². The second-order valence-corrected chi connectivity index (χ2v) is 5.03. The van der Waals surface area contributed by atoms with E-state index in [1.165, 1.54) is 18.2 Å². The number of carboxylic acids is 1. The maximum Gasteiger partial charge on any atom is 0.314 e. The van der Waals surface area contributed by atoms with Gasteiger partial charge in [-0.3, -0.25) is 4.79 Å². The van der Waals surface area contributed by atoms with Crippen molar-refractivity contribution < 1.29 is 18.7 Å². The van der Waals surface area contributed by atoms with Crippen LogP contribution in [0.4, 0.5) is 8.78 Å². The molecule has 1 N–H and O–H groups in total. The maximum atomic E-state index is 13.6. The quantitative estimate of drug-likeness (QED) is 0.893. The monoisotopic (exact) mass is 254 g/mol. The number of hydrogen-bond donors (Lipinski definition) is 1. The molecule has 0 aliphatic heterocycles. The Morgan fingerprint density at radius 1 is 1.28 bits per heavy atom. The third kappa shape index (κ3) is 2.00. The minimum atomic E-state index is -3.01. The van der Waals surface area contributed by atoms with Crippen molar-refractivity contribution in [1.82, 2.24) is 0 Å². The zero-order chi connectivity index (χ0) is 13.4. The van der Waals surface area contributed by atoms with E-state index in [4.69, 9.17) is 0 Å². The average molecular weight is 254 g/mol. The van der Waals surface area contributed by atoms with Gasteiger partial charge < -0.3 is 5.11 Å². The van der Waals surface area contributed by atoms with Gasteiger partial charge in [0.25, 0.3) is 5.92 Å². The topological polar surface area (TPSA) is 37.3 Å². The van der Waals surface area contributed by atoms with Gasteiger partial charge in [0.05, 0.1) is 5.41 Å². The highest BCUT2D eigenvalue weighted by Gasteiger charge is 2.46. The third-order valence-corrected chi connectivity index (χ3v) is 3.78. The van der Waals surface area contributed by atoms with Gasteiger partial charge in [-0.2, -0.15) is 0 Å². The van der Waals surface area contributed by atoms with E-state index in [0.29, 0.717) is 12.8 Å². The molecule has 1 aliphatic rings. The van der Waals surface area contributed by atoms with E-state index in [1.807, 2.05) is 0 Å². The van der Waals surface area contributed by atoms with E-state index in [0.717, 1.165) is 19.8 Å². The fourth-order valence-corrected chi connectivity index (χ4v) is 2.86. The van der Waals surface area contributed by atoms with Gasteiger partial charge in [-0.1, -0.05) is 37.1 Å². The van der Waals surface area contributed by atoms with E-state index in [2.05, 4.69) is 0 Å². The molecular weight excluding hydrogens is 238 g/mol. The van der Waals surface area contributed by atoms with Crippen LogP contribution in [0.15, 0.2) is 24.3 Å². The van der Waals surface area contributed by atoms with Gasteiger partial charge in [0, 0.05) is 12.5 Å². The molecule has 2 rings (SSSR count). The Hall–Kier alpha value is -1.45. The number of hydrogen-bond acceptors (Lipinski definition) is 1. The standard InChI is InChI=1S/C14H16F2O2/c1-13(15,16)10-6-2-3-7-11(10)14(12(17)18)8-4-5-9-14/h2-3,6-7H,4-5,8-9H2,1H3,(H,17,18). The lowest BCUT2D eigenvalue weighted by Gasteiger charge is -2.28. The normalized spacial score (nSPS) is 18.8. The Balaban J connectivity index is 2.59. The molecule has 0 unspecified atom stereocenters. The molecular formula is C14H16F2O2. The van der Waals surface area contributed by atoms with Crippen LogP contribution < -0.4 is 0 Å². The second kappa shape index (κ2) is 4.34. The van der Waals surface area contributed by atoms with Crippen molar-refractivity contribution in [2.75, 3.05) is 0 Å². The molecule has 1 saturated carbocycles. The van der Waals surface area contributed by atoms with Crippen molar-refractivity contribution >= 4 is 5.97 Å². The van der Waals surface area contributed by atoms with E-state index < -0.39 is 17.3 Å². The van der Waals surface area contributed by atoms with E-state index >= 15 is 0 Å². The Morgan fingerprint density at radius 2 is 1.83 bits per heavy atom. The summed E-state index contributed by atoms with van der Waals surface area (Å²) in [6, 6.07) is 6.03. The number of carboxylic acid groups (broad SMARTS) is 1. The lowest BCUT2D eigenvalue weighted by atomic mass is 9.76. The highest BCUT2D eigenvalue weighted by Crippen LogP contribution is 2.45. The molecule has 1 fully saturated rings. The molecule has 1 aliphatic carbocycles. The van der Waals surface area contributed by atoms with Crippen LogP contribution in [0.1, 0.15) is 43.7 Å². The number of aliphatic carboxylic acids is 1.